The molecule has 0 aliphatic heterocycles. The lowest BCUT2D eigenvalue weighted by molar-refractivity contribution is -0.134. The van der Waals surface area contributed by atoms with Crippen molar-refractivity contribution in [2.75, 3.05) is 0 Å². The van der Waals surface area contributed by atoms with Gasteiger partial charge in [0.25, 0.3) is 0 Å². The highest BCUT2D eigenvalue weighted by Gasteiger charge is 2.14. The molecule has 3 heteroatoms. The fraction of sp³-hybridized carbons (Fsp3) is 0.700. The van der Waals surface area contributed by atoms with Gasteiger partial charge in [0.1, 0.15) is 0 Å². The van der Waals surface area contributed by atoms with Crippen molar-refractivity contribution in [1.29, 1.82) is 0 Å². The van der Waals surface area contributed by atoms with Crippen molar-refractivity contribution in [3.8, 4) is 0 Å². The second kappa shape index (κ2) is 5.73. The minimum atomic E-state index is -1.44. The maximum absolute atomic E-state index is 13.0. The topological polar surface area (TPSA) is 37.3 Å². The molecular formula is C10H17FO2. The van der Waals surface area contributed by atoms with Gasteiger partial charge in [0, 0.05) is 0 Å². The Morgan fingerprint density at radius 2 is 2.00 bits per heavy atom. The molecule has 0 aliphatic carbocycles. The van der Waals surface area contributed by atoms with Gasteiger partial charge in [0.05, 0.1) is 0 Å². The van der Waals surface area contributed by atoms with Crippen LogP contribution >= 0.6 is 0 Å². The largest absolute Gasteiger partial charge is 0.476 e. The highest BCUT2D eigenvalue weighted by molar-refractivity contribution is 5.84. The Hall–Kier alpha value is -0.860. The second-order valence-corrected chi connectivity index (χ2v) is 3.29. The van der Waals surface area contributed by atoms with Gasteiger partial charge in [-0.15, -0.1) is 0 Å². The Labute approximate surface area is 78.5 Å². The Morgan fingerprint density at radius 1 is 1.46 bits per heavy atom. The molecule has 0 radical (unpaired) electrons. The van der Waals surface area contributed by atoms with E-state index in [1.165, 1.54) is 0 Å². The van der Waals surface area contributed by atoms with Gasteiger partial charge in [-0.3, -0.25) is 0 Å². The predicted molar refractivity (Wildman–Crippen MR) is 50.1 cm³/mol. The van der Waals surface area contributed by atoms with Gasteiger partial charge >= 0.3 is 5.97 Å². The molecule has 13 heavy (non-hydrogen) atoms. The number of hydrogen-bond donors (Lipinski definition) is 1. The fourth-order valence-corrected chi connectivity index (χ4v) is 1.11. The van der Waals surface area contributed by atoms with Gasteiger partial charge < -0.3 is 5.11 Å². The molecule has 0 aromatic rings. The van der Waals surface area contributed by atoms with E-state index in [9.17, 15) is 9.18 Å². The van der Waals surface area contributed by atoms with Crippen LogP contribution in [0, 0.1) is 5.92 Å². The van der Waals surface area contributed by atoms with Crippen molar-refractivity contribution in [3.63, 3.8) is 0 Å². The van der Waals surface area contributed by atoms with E-state index in [0.717, 1.165) is 6.42 Å². The number of aliphatic carboxylic acids is 1. The molecule has 2 nitrogen and oxygen atoms in total. The van der Waals surface area contributed by atoms with E-state index >= 15 is 0 Å². The van der Waals surface area contributed by atoms with Gasteiger partial charge in [-0.25, -0.2) is 4.79 Å². The van der Waals surface area contributed by atoms with Crippen molar-refractivity contribution in [2.24, 2.45) is 5.92 Å². The molecular weight excluding hydrogens is 171 g/mol. The van der Waals surface area contributed by atoms with Gasteiger partial charge in [-0.2, -0.15) is 4.39 Å². The minimum absolute atomic E-state index is 0.347. The van der Waals surface area contributed by atoms with Crippen molar-refractivity contribution < 1.29 is 14.3 Å². The first-order valence-electron chi connectivity index (χ1n) is 4.63. The number of carboxylic acid groups (broad SMARTS) is 1. The van der Waals surface area contributed by atoms with Crippen LogP contribution < -0.4 is 0 Å². The fourth-order valence-electron chi connectivity index (χ4n) is 1.11. The molecule has 0 saturated carbocycles. The summed E-state index contributed by atoms with van der Waals surface area (Å²) < 4.78 is 13.0. The lowest BCUT2D eigenvalue weighted by Crippen LogP contribution is -2.03. The van der Waals surface area contributed by atoms with Gasteiger partial charge in [-0.05, 0) is 24.3 Å². The number of carbonyl (C=O) groups is 1. The molecule has 0 fully saturated rings. The van der Waals surface area contributed by atoms with E-state index in [2.05, 4.69) is 0 Å². The van der Waals surface area contributed by atoms with Crippen molar-refractivity contribution in [1.82, 2.24) is 0 Å². The third-order valence-electron chi connectivity index (χ3n) is 2.22. The van der Waals surface area contributed by atoms with E-state index in [0.29, 0.717) is 24.3 Å². The van der Waals surface area contributed by atoms with Crippen molar-refractivity contribution >= 4 is 5.97 Å². The molecule has 0 aromatic carbocycles. The maximum Gasteiger partial charge on any atom is 0.364 e. The van der Waals surface area contributed by atoms with Crippen molar-refractivity contribution in [3.05, 3.63) is 11.4 Å². The first-order valence-corrected chi connectivity index (χ1v) is 4.63. The van der Waals surface area contributed by atoms with Crippen LogP contribution in [0.4, 0.5) is 4.39 Å². The molecule has 1 unspecified atom stereocenters. The monoisotopic (exact) mass is 188 g/mol. The Morgan fingerprint density at radius 3 is 2.31 bits per heavy atom. The summed E-state index contributed by atoms with van der Waals surface area (Å²) in [6.07, 6.45) is 1.96. The average Bonchev–Trinajstić information content (AvgIpc) is 2.12. The molecule has 0 amide bonds. The van der Waals surface area contributed by atoms with Gasteiger partial charge in [0.2, 0.25) is 5.83 Å². The molecule has 0 aromatic heterocycles. The van der Waals surface area contributed by atoms with Crippen LogP contribution in [0.25, 0.3) is 0 Å². The lowest BCUT2D eigenvalue weighted by Gasteiger charge is -2.10. The van der Waals surface area contributed by atoms with Crippen LogP contribution in [-0.2, 0) is 4.79 Å². The number of halogens is 1. The van der Waals surface area contributed by atoms with Gasteiger partial charge in [-0.1, -0.05) is 27.2 Å². The summed E-state index contributed by atoms with van der Waals surface area (Å²) in [6.45, 7) is 5.78. The third kappa shape index (κ3) is 4.06. The first kappa shape index (κ1) is 12.1. The SMILES string of the molecule is CCC(CC(C)CC)=C(F)C(=O)O. The van der Waals surface area contributed by atoms with Crippen LogP contribution in [0.15, 0.2) is 11.4 Å². The second-order valence-electron chi connectivity index (χ2n) is 3.29. The summed E-state index contributed by atoms with van der Waals surface area (Å²) >= 11 is 0. The molecule has 0 saturated heterocycles. The first-order chi connectivity index (χ1) is 6.02. The predicted octanol–water partition coefficient (Wildman–Crippen LogP) is 3.14. The third-order valence-corrected chi connectivity index (χ3v) is 2.22. The standard InChI is InChI=1S/C10H17FO2/c1-4-7(3)6-8(5-2)9(11)10(12)13/h7H,4-6H2,1-3H3,(H,12,13). The minimum Gasteiger partial charge on any atom is -0.476 e. The molecule has 0 heterocycles. The number of carboxylic acids is 1. The average molecular weight is 188 g/mol. The molecule has 1 N–H and O–H groups in total. The highest BCUT2D eigenvalue weighted by Crippen LogP contribution is 2.21. The zero-order valence-corrected chi connectivity index (χ0v) is 8.43. The van der Waals surface area contributed by atoms with Crippen LogP contribution in [0.3, 0.4) is 0 Å². The number of hydrogen-bond acceptors (Lipinski definition) is 1. The van der Waals surface area contributed by atoms with E-state index in [1.54, 1.807) is 6.92 Å². The number of allylic oxidation sites excluding steroid dienone is 1. The molecule has 0 aliphatic rings. The summed E-state index contributed by atoms with van der Waals surface area (Å²) in [5, 5.41) is 8.44. The summed E-state index contributed by atoms with van der Waals surface area (Å²) in [5.41, 5.74) is 0.418. The molecule has 76 valence electrons. The lowest BCUT2D eigenvalue weighted by atomic mass is 9.96. The van der Waals surface area contributed by atoms with Crippen LogP contribution in [0.1, 0.15) is 40.0 Å². The smallest absolute Gasteiger partial charge is 0.364 e. The summed E-state index contributed by atoms with van der Waals surface area (Å²) in [5.74, 6) is -2.07. The Kier molecular flexibility index (Phi) is 5.35. The molecule has 0 spiro atoms. The summed E-state index contributed by atoms with van der Waals surface area (Å²) in [7, 11) is 0. The van der Waals surface area contributed by atoms with Crippen LogP contribution in [0.2, 0.25) is 0 Å². The van der Waals surface area contributed by atoms with E-state index < -0.39 is 11.8 Å². The van der Waals surface area contributed by atoms with E-state index in [-0.39, 0.29) is 0 Å². The summed E-state index contributed by atoms with van der Waals surface area (Å²) in [4.78, 5) is 10.3. The zero-order chi connectivity index (χ0) is 10.4. The Bertz CT molecular complexity index is 209. The van der Waals surface area contributed by atoms with Crippen molar-refractivity contribution in [2.45, 2.75) is 40.0 Å². The summed E-state index contributed by atoms with van der Waals surface area (Å²) in [6, 6.07) is 0. The van der Waals surface area contributed by atoms with E-state index in [1.807, 2.05) is 13.8 Å². The Balaban J connectivity index is 4.49. The highest BCUT2D eigenvalue weighted by atomic mass is 19.1. The van der Waals surface area contributed by atoms with Crippen LogP contribution in [-0.4, -0.2) is 11.1 Å². The zero-order valence-electron chi connectivity index (χ0n) is 8.43. The maximum atomic E-state index is 13.0. The van der Waals surface area contributed by atoms with E-state index in [4.69, 9.17) is 5.11 Å². The molecule has 0 bridgehead atoms. The molecule has 0 rings (SSSR count). The number of rotatable bonds is 5. The normalized spacial score (nSPS) is 15.1. The molecule has 1 atom stereocenters. The van der Waals surface area contributed by atoms with Gasteiger partial charge in [0.15, 0.2) is 0 Å². The van der Waals surface area contributed by atoms with Crippen LogP contribution in [0.5, 0.6) is 0 Å². The quantitative estimate of drug-likeness (QED) is 0.673.